The maximum atomic E-state index is 12.1. The Bertz CT molecular complexity index is 281. The highest BCUT2D eigenvalue weighted by molar-refractivity contribution is 5.76. The SMILES string of the molecule is CC(CC(F)(F)F)NC(=O)CC1CCCC(N)C1. The number of alkyl halides is 3. The van der Waals surface area contributed by atoms with Crippen molar-refractivity contribution in [1.82, 2.24) is 5.32 Å². The zero-order chi connectivity index (χ0) is 13.8. The van der Waals surface area contributed by atoms with Gasteiger partial charge in [0.15, 0.2) is 0 Å². The van der Waals surface area contributed by atoms with Crippen molar-refractivity contribution in [3.63, 3.8) is 0 Å². The van der Waals surface area contributed by atoms with E-state index >= 15 is 0 Å². The molecule has 0 spiro atoms. The maximum Gasteiger partial charge on any atom is 0.391 e. The molecule has 1 saturated carbocycles. The van der Waals surface area contributed by atoms with Crippen molar-refractivity contribution < 1.29 is 18.0 Å². The Labute approximate surface area is 105 Å². The Balaban J connectivity index is 2.28. The third-order valence-corrected chi connectivity index (χ3v) is 3.24. The molecule has 0 aromatic rings. The molecular formula is C12H21F3N2O. The first-order valence-corrected chi connectivity index (χ1v) is 6.38. The first kappa shape index (κ1) is 15.3. The molecule has 6 heteroatoms. The second kappa shape index (κ2) is 6.41. The number of carbonyl (C=O) groups is 1. The third-order valence-electron chi connectivity index (χ3n) is 3.24. The number of hydrogen-bond donors (Lipinski definition) is 2. The van der Waals surface area contributed by atoms with E-state index in [1.54, 1.807) is 0 Å². The van der Waals surface area contributed by atoms with Gasteiger partial charge in [0, 0.05) is 18.5 Å². The molecule has 1 aliphatic carbocycles. The van der Waals surface area contributed by atoms with Crippen molar-refractivity contribution in [2.24, 2.45) is 11.7 Å². The number of carbonyl (C=O) groups excluding carboxylic acids is 1. The Morgan fingerprint density at radius 2 is 2.11 bits per heavy atom. The summed E-state index contributed by atoms with van der Waals surface area (Å²) >= 11 is 0. The molecule has 106 valence electrons. The summed E-state index contributed by atoms with van der Waals surface area (Å²) in [6, 6.07) is -0.737. The van der Waals surface area contributed by atoms with Crippen LogP contribution in [-0.2, 0) is 4.79 Å². The molecule has 3 N–H and O–H groups in total. The predicted octanol–water partition coefficient (Wildman–Crippen LogP) is 2.35. The van der Waals surface area contributed by atoms with E-state index < -0.39 is 18.6 Å². The first-order valence-electron chi connectivity index (χ1n) is 6.38. The Morgan fingerprint density at radius 3 is 2.67 bits per heavy atom. The molecule has 3 unspecified atom stereocenters. The van der Waals surface area contributed by atoms with Crippen LogP contribution >= 0.6 is 0 Å². The Morgan fingerprint density at radius 1 is 1.44 bits per heavy atom. The summed E-state index contributed by atoms with van der Waals surface area (Å²) < 4.78 is 36.3. The number of halogens is 3. The zero-order valence-corrected chi connectivity index (χ0v) is 10.6. The fourth-order valence-corrected chi connectivity index (χ4v) is 2.51. The van der Waals surface area contributed by atoms with Gasteiger partial charge >= 0.3 is 6.18 Å². The van der Waals surface area contributed by atoms with Gasteiger partial charge in [0.05, 0.1) is 6.42 Å². The minimum absolute atomic E-state index is 0.129. The van der Waals surface area contributed by atoms with Crippen molar-refractivity contribution in [3.8, 4) is 0 Å². The Hall–Kier alpha value is -0.780. The van der Waals surface area contributed by atoms with Gasteiger partial charge in [0.25, 0.3) is 0 Å². The van der Waals surface area contributed by atoms with Crippen LogP contribution in [0.3, 0.4) is 0 Å². The molecule has 0 heterocycles. The number of rotatable bonds is 4. The molecule has 1 rings (SSSR count). The molecular weight excluding hydrogens is 245 g/mol. The number of hydrogen-bond acceptors (Lipinski definition) is 2. The lowest BCUT2D eigenvalue weighted by molar-refractivity contribution is -0.141. The molecule has 3 atom stereocenters. The van der Waals surface area contributed by atoms with Gasteiger partial charge in [-0.1, -0.05) is 6.42 Å². The monoisotopic (exact) mass is 266 g/mol. The molecule has 0 aromatic heterocycles. The topological polar surface area (TPSA) is 55.1 Å². The highest BCUT2D eigenvalue weighted by Gasteiger charge is 2.31. The molecule has 0 aliphatic heterocycles. The molecule has 3 nitrogen and oxygen atoms in total. The van der Waals surface area contributed by atoms with E-state index in [2.05, 4.69) is 5.32 Å². The van der Waals surface area contributed by atoms with Crippen LogP contribution in [0.1, 0.15) is 45.4 Å². The second-order valence-corrected chi connectivity index (χ2v) is 5.28. The zero-order valence-electron chi connectivity index (χ0n) is 10.6. The molecule has 0 radical (unpaired) electrons. The Kier molecular flexibility index (Phi) is 5.44. The van der Waals surface area contributed by atoms with Crippen LogP contribution in [0.25, 0.3) is 0 Å². The quantitative estimate of drug-likeness (QED) is 0.820. The van der Waals surface area contributed by atoms with Crippen molar-refractivity contribution in [1.29, 1.82) is 0 Å². The molecule has 18 heavy (non-hydrogen) atoms. The summed E-state index contributed by atoms with van der Waals surface area (Å²) in [5.41, 5.74) is 5.80. The summed E-state index contributed by atoms with van der Waals surface area (Å²) in [7, 11) is 0. The average molecular weight is 266 g/mol. The van der Waals surface area contributed by atoms with E-state index in [0.717, 1.165) is 25.7 Å². The van der Waals surface area contributed by atoms with Crippen LogP contribution in [0.5, 0.6) is 0 Å². The van der Waals surface area contributed by atoms with E-state index in [1.165, 1.54) is 6.92 Å². The van der Waals surface area contributed by atoms with Crippen LogP contribution in [0.2, 0.25) is 0 Å². The fourth-order valence-electron chi connectivity index (χ4n) is 2.51. The minimum atomic E-state index is -4.24. The van der Waals surface area contributed by atoms with Crippen molar-refractivity contribution in [3.05, 3.63) is 0 Å². The first-order chi connectivity index (χ1) is 8.26. The van der Waals surface area contributed by atoms with Gasteiger partial charge in [-0.2, -0.15) is 13.2 Å². The van der Waals surface area contributed by atoms with E-state index in [9.17, 15) is 18.0 Å². The van der Waals surface area contributed by atoms with E-state index in [0.29, 0.717) is 0 Å². The van der Waals surface area contributed by atoms with Crippen LogP contribution in [0, 0.1) is 5.92 Å². The van der Waals surface area contributed by atoms with E-state index in [-0.39, 0.29) is 24.3 Å². The molecule has 1 aliphatic rings. The van der Waals surface area contributed by atoms with Gasteiger partial charge in [-0.05, 0) is 32.1 Å². The number of nitrogens with one attached hydrogen (secondary N) is 1. The normalized spacial score (nSPS) is 26.7. The highest BCUT2D eigenvalue weighted by Crippen LogP contribution is 2.26. The van der Waals surface area contributed by atoms with Gasteiger partial charge < -0.3 is 11.1 Å². The van der Waals surface area contributed by atoms with Gasteiger partial charge in [-0.3, -0.25) is 4.79 Å². The lowest BCUT2D eigenvalue weighted by Crippen LogP contribution is -2.38. The third kappa shape index (κ3) is 6.23. The summed E-state index contributed by atoms with van der Waals surface area (Å²) in [6.07, 6.45) is -1.23. The van der Waals surface area contributed by atoms with Gasteiger partial charge in [0.1, 0.15) is 0 Å². The molecule has 1 amide bonds. The minimum Gasteiger partial charge on any atom is -0.353 e. The second-order valence-electron chi connectivity index (χ2n) is 5.28. The number of amides is 1. The maximum absolute atomic E-state index is 12.1. The summed E-state index contributed by atoms with van der Waals surface area (Å²) in [6.45, 7) is 1.37. The van der Waals surface area contributed by atoms with Crippen molar-refractivity contribution >= 4 is 5.91 Å². The van der Waals surface area contributed by atoms with Crippen LogP contribution in [-0.4, -0.2) is 24.2 Å². The van der Waals surface area contributed by atoms with Crippen LogP contribution in [0.4, 0.5) is 13.2 Å². The molecule has 1 fully saturated rings. The lowest BCUT2D eigenvalue weighted by atomic mass is 9.84. The molecule has 0 saturated heterocycles. The lowest BCUT2D eigenvalue weighted by Gasteiger charge is -2.26. The van der Waals surface area contributed by atoms with E-state index in [1.807, 2.05) is 0 Å². The average Bonchev–Trinajstić information content (AvgIpc) is 2.13. The van der Waals surface area contributed by atoms with Gasteiger partial charge in [-0.25, -0.2) is 0 Å². The van der Waals surface area contributed by atoms with Crippen LogP contribution < -0.4 is 11.1 Å². The van der Waals surface area contributed by atoms with Crippen LogP contribution in [0.15, 0.2) is 0 Å². The predicted molar refractivity (Wildman–Crippen MR) is 62.8 cm³/mol. The highest BCUT2D eigenvalue weighted by atomic mass is 19.4. The van der Waals surface area contributed by atoms with Crippen molar-refractivity contribution in [2.75, 3.05) is 0 Å². The van der Waals surface area contributed by atoms with Gasteiger partial charge in [-0.15, -0.1) is 0 Å². The van der Waals surface area contributed by atoms with E-state index in [4.69, 9.17) is 5.73 Å². The summed E-state index contributed by atoms with van der Waals surface area (Å²) in [4.78, 5) is 11.6. The van der Waals surface area contributed by atoms with Crippen molar-refractivity contribution in [2.45, 2.75) is 63.7 Å². The summed E-state index contributed by atoms with van der Waals surface area (Å²) in [5.74, 6) is -0.0855. The standard InChI is InChI=1S/C12H21F3N2O/c1-8(7-12(13,14)15)17-11(18)6-9-3-2-4-10(16)5-9/h8-10H,2-7,16H2,1H3,(H,17,18). The number of nitrogens with two attached hydrogens (primary N) is 1. The molecule has 0 aromatic carbocycles. The largest absolute Gasteiger partial charge is 0.391 e. The van der Waals surface area contributed by atoms with Gasteiger partial charge in [0.2, 0.25) is 5.91 Å². The fraction of sp³-hybridized carbons (Fsp3) is 0.917. The summed E-state index contributed by atoms with van der Waals surface area (Å²) in [5, 5.41) is 2.40. The molecule has 0 bridgehead atoms. The smallest absolute Gasteiger partial charge is 0.353 e.